The second-order valence-electron chi connectivity index (χ2n) is 7.91. The van der Waals surface area contributed by atoms with Gasteiger partial charge in [-0.3, -0.25) is 14.2 Å². The van der Waals surface area contributed by atoms with Crippen molar-refractivity contribution in [3.8, 4) is 5.75 Å². The number of aromatic nitrogens is 2. The summed E-state index contributed by atoms with van der Waals surface area (Å²) < 4.78 is 7.48. The third-order valence-corrected chi connectivity index (χ3v) is 7.29. The second-order valence-corrected chi connectivity index (χ2v) is 9.76. The highest BCUT2D eigenvalue weighted by molar-refractivity contribution is 7.99. The molecule has 0 aliphatic carbocycles. The molecule has 0 bridgehead atoms. The fourth-order valence-electron chi connectivity index (χ4n) is 3.55. The summed E-state index contributed by atoms with van der Waals surface area (Å²) in [5.41, 5.74) is 3.55. The summed E-state index contributed by atoms with van der Waals surface area (Å²) in [6, 6.07) is 17.4. The number of thioether (sulfide) groups is 1. The standard InChI is InChI=1S/C26H27N3O3S2/c1-3-4-5-18-6-10-20(11-7-18)27-23(30)17-34-26-28-22-14-15-33-24(22)25(31)29(26)16-19-8-12-21(32-2)13-9-19/h6-15H,3-5,16-17H2,1-2H3,(H,27,30). The van der Waals surface area contributed by atoms with Crippen LogP contribution in [0.1, 0.15) is 30.9 Å². The zero-order valence-electron chi connectivity index (χ0n) is 19.2. The molecule has 1 amide bonds. The van der Waals surface area contributed by atoms with Crippen molar-refractivity contribution in [1.82, 2.24) is 9.55 Å². The van der Waals surface area contributed by atoms with E-state index in [9.17, 15) is 9.59 Å². The molecule has 0 saturated carbocycles. The van der Waals surface area contributed by atoms with Crippen LogP contribution in [0.3, 0.4) is 0 Å². The normalized spacial score (nSPS) is 11.0. The number of carbonyl (C=O) groups is 1. The van der Waals surface area contributed by atoms with Crippen molar-refractivity contribution >= 4 is 44.9 Å². The van der Waals surface area contributed by atoms with Gasteiger partial charge in [0.05, 0.1) is 24.9 Å². The van der Waals surface area contributed by atoms with Crippen molar-refractivity contribution in [2.24, 2.45) is 0 Å². The van der Waals surface area contributed by atoms with E-state index >= 15 is 0 Å². The van der Waals surface area contributed by atoms with Gasteiger partial charge in [0.15, 0.2) is 5.16 Å². The maximum atomic E-state index is 13.2. The number of unbranched alkanes of at least 4 members (excludes halogenated alkanes) is 1. The van der Waals surface area contributed by atoms with E-state index in [1.54, 1.807) is 11.7 Å². The number of fused-ring (bicyclic) bond motifs is 1. The first kappa shape index (κ1) is 24.0. The average molecular weight is 494 g/mol. The number of ether oxygens (including phenoxy) is 1. The number of benzene rings is 2. The largest absolute Gasteiger partial charge is 0.497 e. The molecule has 1 N–H and O–H groups in total. The summed E-state index contributed by atoms with van der Waals surface area (Å²) in [6.07, 6.45) is 3.36. The van der Waals surface area contributed by atoms with Crippen LogP contribution in [0, 0.1) is 0 Å². The molecule has 8 heteroatoms. The number of methoxy groups -OCH3 is 1. The van der Waals surface area contributed by atoms with Gasteiger partial charge in [-0.05, 0) is 59.7 Å². The van der Waals surface area contributed by atoms with Gasteiger partial charge in [0.1, 0.15) is 10.4 Å². The highest BCUT2D eigenvalue weighted by atomic mass is 32.2. The number of nitrogens with zero attached hydrogens (tertiary/aromatic N) is 2. The molecule has 176 valence electrons. The Kier molecular flexibility index (Phi) is 8.03. The van der Waals surface area contributed by atoms with Gasteiger partial charge >= 0.3 is 0 Å². The van der Waals surface area contributed by atoms with E-state index in [1.807, 2.05) is 47.8 Å². The number of carbonyl (C=O) groups excluding carboxylic acids is 1. The molecule has 34 heavy (non-hydrogen) atoms. The predicted molar refractivity (Wildman–Crippen MR) is 140 cm³/mol. The second kappa shape index (κ2) is 11.4. The first-order valence-electron chi connectivity index (χ1n) is 11.2. The number of aryl methyl sites for hydroxylation is 1. The van der Waals surface area contributed by atoms with Crippen molar-refractivity contribution in [2.45, 2.75) is 37.9 Å². The van der Waals surface area contributed by atoms with E-state index in [0.717, 1.165) is 36.3 Å². The minimum atomic E-state index is -0.137. The number of rotatable bonds is 10. The Hall–Kier alpha value is -3.10. The van der Waals surface area contributed by atoms with E-state index in [0.29, 0.717) is 21.9 Å². The third-order valence-electron chi connectivity index (χ3n) is 5.42. The molecule has 2 heterocycles. The van der Waals surface area contributed by atoms with Gasteiger partial charge in [0, 0.05) is 5.69 Å². The molecule has 0 unspecified atom stereocenters. The summed E-state index contributed by atoms with van der Waals surface area (Å²) in [5, 5.41) is 5.33. The lowest BCUT2D eigenvalue weighted by molar-refractivity contribution is -0.113. The van der Waals surface area contributed by atoms with Crippen LogP contribution < -0.4 is 15.6 Å². The van der Waals surface area contributed by atoms with Crippen LogP contribution >= 0.6 is 23.1 Å². The molecule has 0 saturated heterocycles. The Bertz CT molecular complexity index is 1310. The van der Waals surface area contributed by atoms with E-state index < -0.39 is 0 Å². The maximum Gasteiger partial charge on any atom is 0.272 e. The zero-order valence-corrected chi connectivity index (χ0v) is 20.9. The molecule has 4 rings (SSSR count). The number of thiophene rings is 1. The van der Waals surface area contributed by atoms with Gasteiger partial charge in [-0.1, -0.05) is 49.4 Å². The molecule has 0 aliphatic rings. The van der Waals surface area contributed by atoms with E-state index in [2.05, 4.69) is 29.4 Å². The minimum Gasteiger partial charge on any atom is -0.497 e. The number of hydrogen-bond acceptors (Lipinski definition) is 6. The predicted octanol–water partition coefficient (Wildman–Crippen LogP) is 5.59. The lowest BCUT2D eigenvalue weighted by Crippen LogP contribution is -2.24. The molecule has 0 aliphatic heterocycles. The minimum absolute atomic E-state index is 0.0959. The Morgan fingerprint density at radius 3 is 2.53 bits per heavy atom. The number of amides is 1. The molecular formula is C26H27N3O3S2. The summed E-state index contributed by atoms with van der Waals surface area (Å²) in [4.78, 5) is 30.5. The average Bonchev–Trinajstić information content (AvgIpc) is 3.33. The molecule has 0 spiro atoms. The molecule has 2 aromatic carbocycles. The first-order valence-corrected chi connectivity index (χ1v) is 13.1. The Morgan fingerprint density at radius 1 is 1.09 bits per heavy atom. The monoisotopic (exact) mass is 493 g/mol. The van der Waals surface area contributed by atoms with Gasteiger partial charge in [-0.2, -0.15) is 0 Å². The van der Waals surface area contributed by atoms with Gasteiger partial charge in [0.25, 0.3) is 5.56 Å². The third kappa shape index (κ3) is 5.87. The quantitative estimate of drug-likeness (QED) is 0.230. The Labute approximate surface area is 207 Å². The van der Waals surface area contributed by atoms with Crippen LogP contribution in [0.15, 0.2) is 69.9 Å². The van der Waals surface area contributed by atoms with E-state index in [1.165, 1.54) is 28.7 Å². The van der Waals surface area contributed by atoms with E-state index in [4.69, 9.17) is 4.74 Å². The van der Waals surface area contributed by atoms with Gasteiger partial charge in [0.2, 0.25) is 5.91 Å². The lowest BCUT2D eigenvalue weighted by Gasteiger charge is -2.13. The fraction of sp³-hybridized carbons (Fsp3) is 0.269. The molecule has 0 atom stereocenters. The molecule has 0 fully saturated rings. The van der Waals surface area contributed by atoms with Crippen LogP contribution in [-0.4, -0.2) is 28.3 Å². The smallest absolute Gasteiger partial charge is 0.272 e. The van der Waals surface area contributed by atoms with Crippen LogP contribution in [-0.2, 0) is 17.8 Å². The van der Waals surface area contributed by atoms with Crippen LogP contribution in [0.5, 0.6) is 5.75 Å². The van der Waals surface area contributed by atoms with Crippen molar-refractivity contribution < 1.29 is 9.53 Å². The summed E-state index contributed by atoms with van der Waals surface area (Å²) in [5.74, 6) is 0.775. The van der Waals surface area contributed by atoms with Gasteiger partial charge in [-0.15, -0.1) is 11.3 Å². The maximum absolute atomic E-state index is 13.2. The lowest BCUT2D eigenvalue weighted by atomic mass is 10.1. The number of nitrogens with one attached hydrogen (secondary N) is 1. The molecule has 6 nitrogen and oxygen atoms in total. The SMILES string of the molecule is CCCCc1ccc(NC(=O)CSc2nc3ccsc3c(=O)n2Cc2ccc(OC)cc2)cc1. The van der Waals surface area contributed by atoms with E-state index in [-0.39, 0.29) is 17.2 Å². The van der Waals surface area contributed by atoms with Crippen molar-refractivity contribution in [3.05, 3.63) is 81.5 Å². The number of hydrogen-bond donors (Lipinski definition) is 1. The van der Waals surface area contributed by atoms with Crippen LogP contribution in [0.25, 0.3) is 10.2 Å². The number of anilines is 1. The molecule has 0 radical (unpaired) electrons. The first-order chi connectivity index (χ1) is 16.6. The molecular weight excluding hydrogens is 466 g/mol. The Morgan fingerprint density at radius 2 is 1.82 bits per heavy atom. The summed E-state index contributed by atoms with van der Waals surface area (Å²) in [6.45, 7) is 2.54. The Balaban J connectivity index is 1.48. The van der Waals surface area contributed by atoms with Crippen LogP contribution in [0.2, 0.25) is 0 Å². The van der Waals surface area contributed by atoms with Crippen molar-refractivity contribution in [3.63, 3.8) is 0 Å². The van der Waals surface area contributed by atoms with Crippen LogP contribution in [0.4, 0.5) is 5.69 Å². The highest BCUT2D eigenvalue weighted by Crippen LogP contribution is 2.23. The van der Waals surface area contributed by atoms with Crippen molar-refractivity contribution in [1.29, 1.82) is 0 Å². The molecule has 2 aromatic heterocycles. The topological polar surface area (TPSA) is 73.2 Å². The van der Waals surface area contributed by atoms with Crippen molar-refractivity contribution in [2.75, 3.05) is 18.2 Å². The summed E-state index contributed by atoms with van der Waals surface area (Å²) in [7, 11) is 1.62. The summed E-state index contributed by atoms with van der Waals surface area (Å²) >= 11 is 2.65. The fourth-order valence-corrected chi connectivity index (χ4v) is 5.13. The molecule has 4 aromatic rings. The van der Waals surface area contributed by atoms with Gasteiger partial charge < -0.3 is 10.1 Å². The van der Waals surface area contributed by atoms with Gasteiger partial charge in [-0.25, -0.2) is 4.98 Å². The highest BCUT2D eigenvalue weighted by Gasteiger charge is 2.15. The zero-order chi connectivity index (χ0) is 23.9.